The highest BCUT2D eigenvalue weighted by Crippen LogP contribution is 2.35. The third kappa shape index (κ3) is 6.82. The Morgan fingerprint density at radius 2 is 2.05 bits per heavy atom. The Morgan fingerprint density at radius 1 is 1.26 bits per heavy atom. The lowest BCUT2D eigenvalue weighted by atomic mass is 10.1. The Labute approximate surface area is 233 Å². The third-order valence-corrected chi connectivity index (χ3v) is 7.49. The van der Waals surface area contributed by atoms with E-state index in [1.807, 2.05) is 0 Å². The average Bonchev–Trinajstić information content (AvgIpc) is 3.64. The maximum absolute atomic E-state index is 13.3. The van der Waals surface area contributed by atoms with E-state index in [0.29, 0.717) is 41.5 Å². The van der Waals surface area contributed by atoms with Gasteiger partial charge in [0.15, 0.2) is 5.96 Å². The van der Waals surface area contributed by atoms with Crippen molar-refractivity contribution in [1.82, 2.24) is 35.2 Å². The molecule has 208 valence electrons. The Kier molecular flexibility index (Phi) is 8.99. The molecule has 0 radical (unpaired) electrons. The third-order valence-electron chi connectivity index (χ3n) is 6.32. The van der Waals surface area contributed by atoms with Crippen molar-refractivity contribution in [2.24, 2.45) is 5.73 Å². The van der Waals surface area contributed by atoms with Crippen molar-refractivity contribution < 1.29 is 19.5 Å². The molecule has 13 nitrogen and oxygen atoms in total. The summed E-state index contributed by atoms with van der Waals surface area (Å²) in [6.45, 7) is 0.598. The molecule has 0 aliphatic carbocycles. The van der Waals surface area contributed by atoms with Crippen LogP contribution < -0.4 is 21.7 Å². The van der Waals surface area contributed by atoms with Crippen molar-refractivity contribution in [3.63, 3.8) is 0 Å². The molecule has 3 amide bonds. The van der Waals surface area contributed by atoms with E-state index in [0.717, 1.165) is 0 Å². The standard InChI is InChI=1S/C24H30ClN9O4S/c1-28-20(36)15(4-2-3-7-29-24(26)27)31-21(37)17-12-39-22(32-17)18-8-14(35)10-34(18)23(38)16-11-33-9-13(25)5-6-19(33)30-16/h5-6,9,11-12,14-15,18,35H,2-4,7-8,10H2,1H3,(H,28,36)(H,31,37)(H4,26,27,29)/t14-,15-,18-/m0/s1. The van der Waals surface area contributed by atoms with E-state index in [9.17, 15) is 19.5 Å². The predicted molar refractivity (Wildman–Crippen MR) is 146 cm³/mol. The molecule has 0 unspecified atom stereocenters. The number of unbranched alkanes of at least 4 members (excludes halogenated alkanes) is 1. The number of hydrogen-bond acceptors (Lipinski definition) is 8. The number of guanidine groups is 1. The molecule has 15 heteroatoms. The second-order valence-electron chi connectivity index (χ2n) is 9.15. The van der Waals surface area contributed by atoms with E-state index in [-0.39, 0.29) is 42.1 Å². The van der Waals surface area contributed by atoms with Crippen LogP contribution in [0.3, 0.4) is 0 Å². The highest BCUT2D eigenvalue weighted by Gasteiger charge is 2.38. The SMILES string of the molecule is CNC(=O)[C@H](CCCCNC(=N)N)NC(=O)c1csc([C@@H]2C[C@H](O)CN2C(=O)c2cn3cc(Cl)ccc3n2)n1. The molecular weight excluding hydrogens is 546 g/mol. The van der Waals surface area contributed by atoms with Gasteiger partial charge in [0.25, 0.3) is 11.8 Å². The largest absolute Gasteiger partial charge is 0.391 e. The maximum atomic E-state index is 13.3. The second kappa shape index (κ2) is 12.4. The molecule has 3 aromatic rings. The van der Waals surface area contributed by atoms with Crippen LogP contribution in [0.5, 0.6) is 0 Å². The van der Waals surface area contributed by atoms with Gasteiger partial charge in [-0.25, -0.2) is 9.97 Å². The molecule has 39 heavy (non-hydrogen) atoms. The number of nitrogens with zero attached hydrogens (tertiary/aromatic N) is 4. The van der Waals surface area contributed by atoms with Gasteiger partial charge < -0.3 is 36.1 Å². The number of pyridine rings is 1. The first-order valence-corrected chi connectivity index (χ1v) is 13.6. The highest BCUT2D eigenvalue weighted by molar-refractivity contribution is 7.09. The summed E-state index contributed by atoms with van der Waals surface area (Å²) in [7, 11) is 1.49. The number of aromatic nitrogens is 3. The van der Waals surface area contributed by atoms with Gasteiger partial charge in [-0.05, 0) is 31.4 Å². The smallest absolute Gasteiger partial charge is 0.274 e. The number of β-amino-alcohol motifs (C(OH)–C–C–N with tert-alkyl or cyclic N) is 1. The van der Waals surface area contributed by atoms with Crippen molar-refractivity contribution in [3.05, 3.63) is 51.3 Å². The van der Waals surface area contributed by atoms with Gasteiger partial charge in [-0.15, -0.1) is 11.3 Å². The quantitative estimate of drug-likeness (QED) is 0.117. The fourth-order valence-corrected chi connectivity index (χ4v) is 5.50. The fourth-order valence-electron chi connectivity index (χ4n) is 4.40. The molecule has 3 atom stereocenters. The van der Waals surface area contributed by atoms with E-state index in [1.165, 1.54) is 23.3 Å². The minimum atomic E-state index is -0.764. The van der Waals surface area contributed by atoms with E-state index in [1.54, 1.807) is 34.3 Å². The molecule has 1 fully saturated rings. The van der Waals surface area contributed by atoms with Crippen molar-refractivity contribution in [3.8, 4) is 0 Å². The Hall–Kier alpha value is -3.75. The summed E-state index contributed by atoms with van der Waals surface area (Å²) in [5.74, 6) is -1.33. The Morgan fingerprint density at radius 3 is 2.79 bits per heavy atom. The number of nitrogens with one attached hydrogen (secondary N) is 4. The first-order chi connectivity index (χ1) is 18.7. The summed E-state index contributed by atoms with van der Waals surface area (Å²) in [5.41, 5.74) is 6.16. The number of aliphatic hydroxyl groups is 1. The zero-order chi connectivity index (χ0) is 28.1. The number of amides is 3. The van der Waals surface area contributed by atoms with Gasteiger partial charge in [-0.1, -0.05) is 11.6 Å². The lowest BCUT2D eigenvalue weighted by Gasteiger charge is -2.21. The molecule has 0 bridgehead atoms. The number of rotatable bonds is 10. The number of hydrogen-bond donors (Lipinski definition) is 6. The highest BCUT2D eigenvalue weighted by atomic mass is 35.5. The molecule has 0 spiro atoms. The zero-order valence-corrected chi connectivity index (χ0v) is 22.8. The number of thiazole rings is 1. The van der Waals surface area contributed by atoms with Crippen LogP contribution >= 0.6 is 22.9 Å². The van der Waals surface area contributed by atoms with Crippen LogP contribution in [0.1, 0.15) is 57.7 Å². The number of halogens is 1. The molecule has 4 heterocycles. The van der Waals surface area contributed by atoms with E-state index in [2.05, 4.69) is 25.9 Å². The van der Waals surface area contributed by atoms with Crippen LogP contribution in [0.15, 0.2) is 29.9 Å². The van der Waals surface area contributed by atoms with Crippen LogP contribution in [-0.4, -0.2) is 80.3 Å². The van der Waals surface area contributed by atoms with Gasteiger partial charge in [0, 0.05) is 44.3 Å². The zero-order valence-electron chi connectivity index (χ0n) is 21.2. The molecule has 1 aliphatic rings. The lowest BCUT2D eigenvalue weighted by Crippen LogP contribution is -2.45. The summed E-state index contributed by atoms with van der Waals surface area (Å²) < 4.78 is 1.66. The predicted octanol–water partition coefficient (Wildman–Crippen LogP) is 0.890. The Bertz CT molecular complexity index is 1380. The van der Waals surface area contributed by atoms with Crippen LogP contribution in [0, 0.1) is 5.41 Å². The summed E-state index contributed by atoms with van der Waals surface area (Å²) >= 11 is 7.25. The topological polar surface area (TPSA) is 191 Å². The molecule has 1 aliphatic heterocycles. The normalized spacial score (nSPS) is 17.7. The van der Waals surface area contributed by atoms with Crippen LogP contribution in [0.2, 0.25) is 5.02 Å². The minimum Gasteiger partial charge on any atom is -0.391 e. The number of likely N-dealkylation sites (tertiary alicyclic amines) is 1. The number of carbonyl (C=O) groups is 3. The van der Waals surface area contributed by atoms with Crippen molar-refractivity contribution >= 4 is 52.3 Å². The van der Waals surface area contributed by atoms with Gasteiger partial charge in [-0.3, -0.25) is 19.8 Å². The minimum absolute atomic E-state index is 0.108. The van der Waals surface area contributed by atoms with Crippen molar-refractivity contribution in [2.45, 2.75) is 43.9 Å². The van der Waals surface area contributed by atoms with Crippen LogP contribution in [0.4, 0.5) is 0 Å². The molecular formula is C24H30ClN9O4S. The molecule has 0 saturated carbocycles. The van der Waals surface area contributed by atoms with Crippen LogP contribution in [-0.2, 0) is 4.79 Å². The maximum Gasteiger partial charge on any atom is 0.274 e. The van der Waals surface area contributed by atoms with Crippen molar-refractivity contribution in [1.29, 1.82) is 5.41 Å². The monoisotopic (exact) mass is 575 g/mol. The Balaban J connectivity index is 1.43. The molecule has 7 N–H and O–H groups in total. The van der Waals surface area contributed by atoms with Gasteiger partial charge in [0.1, 0.15) is 28.1 Å². The van der Waals surface area contributed by atoms with E-state index >= 15 is 0 Å². The number of fused-ring (bicyclic) bond motifs is 1. The number of nitrogens with two attached hydrogens (primary N) is 1. The van der Waals surface area contributed by atoms with Gasteiger partial charge in [0.2, 0.25) is 5.91 Å². The number of aliphatic hydroxyl groups excluding tert-OH is 1. The summed E-state index contributed by atoms with van der Waals surface area (Å²) in [6.07, 6.45) is 4.43. The van der Waals surface area contributed by atoms with E-state index in [4.69, 9.17) is 22.7 Å². The van der Waals surface area contributed by atoms with Crippen molar-refractivity contribution in [2.75, 3.05) is 20.1 Å². The first kappa shape index (κ1) is 28.3. The molecule has 0 aromatic carbocycles. The first-order valence-electron chi connectivity index (χ1n) is 12.3. The number of carbonyl (C=O) groups excluding carboxylic acids is 3. The fraction of sp³-hybridized carbons (Fsp3) is 0.417. The number of imidazole rings is 1. The lowest BCUT2D eigenvalue weighted by molar-refractivity contribution is -0.122. The summed E-state index contributed by atoms with van der Waals surface area (Å²) in [6, 6.07) is 2.09. The molecule has 4 rings (SSSR count). The van der Waals surface area contributed by atoms with Gasteiger partial charge in [0.05, 0.1) is 17.2 Å². The van der Waals surface area contributed by atoms with E-state index < -0.39 is 24.1 Å². The number of likely N-dealkylation sites (N-methyl/N-ethyl adjacent to an activating group) is 1. The summed E-state index contributed by atoms with van der Waals surface area (Å²) in [5, 5.41) is 28.1. The molecule has 1 saturated heterocycles. The van der Waals surface area contributed by atoms with Gasteiger partial charge in [-0.2, -0.15) is 0 Å². The van der Waals surface area contributed by atoms with Crippen LogP contribution in [0.25, 0.3) is 5.65 Å². The second-order valence-corrected chi connectivity index (χ2v) is 10.5. The summed E-state index contributed by atoms with van der Waals surface area (Å²) in [4.78, 5) is 49.0. The van der Waals surface area contributed by atoms with Gasteiger partial charge >= 0.3 is 0 Å². The molecule has 3 aromatic heterocycles. The average molecular weight is 576 g/mol.